The number of rotatable bonds is 45. The highest BCUT2D eigenvalue weighted by atomic mass is 31.2. The van der Waals surface area contributed by atoms with Gasteiger partial charge in [-0.1, -0.05) is 232 Å². The van der Waals surface area contributed by atoms with E-state index in [0.717, 1.165) is 38.5 Å². The molecule has 14 heteroatoms. The largest absolute Gasteiger partial charge is 0.472 e. The third kappa shape index (κ3) is 30.6. The van der Waals surface area contributed by atoms with Crippen molar-refractivity contribution in [1.82, 2.24) is 5.32 Å². The lowest BCUT2D eigenvalue weighted by molar-refractivity contribution is -0.220. The average molecular weight is 938 g/mol. The lowest BCUT2D eigenvalue weighted by Gasteiger charge is -2.41. The number of carbonyl (C=O) groups excluding carboxylic acids is 1. The number of nitrogens with one attached hydrogen (secondary N) is 1. The molecule has 0 heterocycles. The van der Waals surface area contributed by atoms with Gasteiger partial charge in [0.2, 0.25) is 5.91 Å². The molecule has 10 atom stereocenters. The molecule has 1 fully saturated rings. The minimum atomic E-state index is -5.16. The molecule has 0 aromatic carbocycles. The van der Waals surface area contributed by atoms with Crippen LogP contribution >= 0.6 is 7.82 Å². The quantitative estimate of drug-likeness (QED) is 0.0205. The van der Waals surface area contributed by atoms with Crippen LogP contribution in [0.5, 0.6) is 0 Å². The van der Waals surface area contributed by atoms with Gasteiger partial charge in [0.1, 0.15) is 42.7 Å². The van der Waals surface area contributed by atoms with Gasteiger partial charge in [0, 0.05) is 6.42 Å². The molecular weight excluding hydrogens is 838 g/mol. The van der Waals surface area contributed by atoms with E-state index >= 15 is 0 Å². The van der Waals surface area contributed by atoms with E-state index < -0.39 is 75.2 Å². The Morgan fingerprint density at radius 3 is 1.12 bits per heavy atom. The van der Waals surface area contributed by atoms with Crippen LogP contribution in [0.1, 0.15) is 251 Å². The summed E-state index contributed by atoms with van der Waals surface area (Å²) in [6.45, 7) is 3.74. The van der Waals surface area contributed by atoms with E-state index in [1.54, 1.807) is 0 Å². The van der Waals surface area contributed by atoms with E-state index in [9.17, 15) is 50.0 Å². The molecule has 1 amide bonds. The van der Waals surface area contributed by atoms with Crippen molar-refractivity contribution in [2.75, 3.05) is 6.61 Å². The number of unbranched alkanes of at least 4 members (excludes halogenated alkanes) is 33. The molecule has 1 saturated carbocycles. The molecule has 0 radical (unpaired) electrons. The number of phosphoric acid groups is 1. The van der Waals surface area contributed by atoms with E-state index in [0.29, 0.717) is 12.8 Å². The van der Waals surface area contributed by atoms with Crippen LogP contribution in [0.4, 0.5) is 0 Å². The lowest BCUT2D eigenvalue weighted by atomic mass is 9.85. The minimum absolute atomic E-state index is 0.156. The SMILES string of the molecule is CCCCCCCCCCCCCCCCCCCCCCCC(=O)N[C@@H](COP(=O)(O)OC1[C@H](O)[C@H](O)C(O)[C@H](O)[C@H]1O)[C@H](O)C(O)CCCCCCCCCCCCCCCC. The summed E-state index contributed by atoms with van der Waals surface area (Å²) in [4.78, 5) is 23.5. The van der Waals surface area contributed by atoms with Gasteiger partial charge >= 0.3 is 7.82 Å². The number of hydrogen-bond donors (Lipinski definition) is 9. The van der Waals surface area contributed by atoms with E-state index in [4.69, 9.17) is 9.05 Å². The smallest absolute Gasteiger partial charge is 0.390 e. The zero-order valence-electron chi connectivity index (χ0n) is 40.7. The van der Waals surface area contributed by atoms with E-state index in [2.05, 4.69) is 19.2 Å². The van der Waals surface area contributed by atoms with Gasteiger partial charge in [-0.25, -0.2) is 4.57 Å². The molecule has 0 bridgehead atoms. The van der Waals surface area contributed by atoms with Crippen LogP contribution in [-0.2, 0) is 18.4 Å². The fraction of sp³-hybridized carbons (Fsp3) is 0.980. The monoisotopic (exact) mass is 938 g/mol. The summed E-state index contributed by atoms with van der Waals surface area (Å²) in [5.74, 6) is -0.416. The number of hydrogen-bond acceptors (Lipinski definition) is 11. The zero-order valence-corrected chi connectivity index (χ0v) is 41.6. The molecule has 0 spiro atoms. The molecule has 13 nitrogen and oxygen atoms in total. The van der Waals surface area contributed by atoms with Gasteiger partial charge in [-0.3, -0.25) is 13.8 Å². The maximum absolute atomic E-state index is 13.0. The van der Waals surface area contributed by atoms with Crippen LogP contribution in [0.25, 0.3) is 0 Å². The number of aliphatic hydroxyl groups is 7. The van der Waals surface area contributed by atoms with Gasteiger partial charge in [-0.2, -0.15) is 0 Å². The highest BCUT2D eigenvalue weighted by molar-refractivity contribution is 7.47. The molecule has 0 aliphatic heterocycles. The van der Waals surface area contributed by atoms with Gasteiger partial charge in [-0.15, -0.1) is 0 Å². The molecule has 9 N–H and O–H groups in total. The van der Waals surface area contributed by atoms with Crippen molar-refractivity contribution in [3.63, 3.8) is 0 Å². The molecule has 4 unspecified atom stereocenters. The van der Waals surface area contributed by atoms with Gasteiger partial charge in [0.15, 0.2) is 0 Å². The highest BCUT2D eigenvalue weighted by Crippen LogP contribution is 2.47. The molecule has 1 aliphatic carbocycles. The molecular formula is C50H100NO12P. The second-order valence-corrected chi connectivity index (χ2v) is 20.6. The Hall–Kier alpha value is -0.700. The third-order valence-electron chi connectivity index (χ3n) is 13.3. The molecule has 1 rings (SSSR count). The van der Waals surface area contributed by atoms with Crippen molar-refractivity contribution in [2.45, 2.75) is 306 Å². The Kier molecular flexibility index (Phi) is 38.5. The predicted molar refractivity (Wildman–Crippen MR) is 257 cm³/mol. The lowest BCUT2D eigenvalue weighted by Crippen LogP contribution is -2.64. The van der Waals surface area contributed by atoms with Crippen molar-refractivity contribution in [1.29, 1.82) is 0 Å². The molecule has 0 aromatic rings. The van der Waals surface area contributed by atoms with Crippen molar-refractivity contribution in [3.8, 4) is 0 Å². The number of phosphoric ester groups is 1. The second kappa shape index (κ2) is 40.2. The average Bonchev–Trinajstić information content (AvgIpc) is 3.28. The summed E-state index contributed by atoms with van der Waals surface area (Å²) < 4.78 is 23.0. The van der Waals surface area contributed by atoms with Crippen LogP contribution in [0.2, 0.25) is 0 Å². The first-order chi connectivity index (χ1) is 30.9. The Morgan fingerprint density at radius 2 is 0.781 bits per heavy atom. The summed E-state index contributed by atoms with van der Waals surface area (Å²) in [6, 6.07) is -1.30. The van der Waals surface area contributed by atoms with E-state index in [-0.39, 0.29) is 12.8 Å². The Morgan fingerprint density at radius 1 is 0.484 bits per heavy atom. The van der Waals surface area contributed by atoms with Crippen LogP contribution in [-0.4, -0.2) is 108 Å². The topological polar surface area (TPSA) is 226 Å². The van der Waals surface area contributed by atoms with Crippen LogP contribution in [0.3, 0.4) is 0 Å². The first kappa shape index (κ1) is 61.3. The number of carbonyl (C=O) groups is 1. The van der Waals surface area contributed by atoms with Gasteiger partial charge in [0.25, 0.3) is 0 Å². The molecule has 64 heavy (non-hydrogen) atoms. The second-order valence-electron chi connectivity index (χ2n) is 19.2. The van der Waals surface area contributed by atoms with Crippen molar-refractivity contribution in [3.05, 3.63) is 0 Å². The van der Waals surface area contributed by atoms with Crippen LogP contribution in [0, 0.1) is 0 Å². The third-order valence-corrected chi connectivity index (χ3v) is 14.2. The van der Waals surface area contributed by atoms with Crippen LogP contribution < -0.4 is 5.32 Å². The Bertz CT molecular complexity index is 1110. The summed E-state index contributed by atoms with van der Waals surface area (Å²) >= 11 is 0. The molecule has 382 valence electrons. The van der Waals surface area contributed by atoms with Gasteiger partial charge in [-0.05, 0) is 12.8 Å². The Balaban J connectivity index is 2.42. The summed E-state index contributed by atoms with van der Waals surface area (Å²) in [6.07, 6.45) is 28.5. The van der Waals surface area contributed by atoms with E-state index in [1.807, 2.05) is 0 Å². The first-order valence-electron chi connectivity index (χ1n) is 26.6. The predicted octanol–water partition coefficient (Wildman–Crippen LogP) is 9.99. The standard InChI is InChI=1S/C50H100NO12P/c1-3-5-7-9-11-13-15-17-19-20-21-22-23-24-25-27-29-31-33-35-37-39-43(53)51-41(40-62-64(60,61)63-50-48(58)46(56)45(55)47(57)49(50)59)44(54)42(52)38-36-34-32-30-28-26-18-16-14-12-10-8-6-4-2/h41-42,44-50,52,54-59H,3-40H2,1-2H3,(H,51,53)(H,60,61)/t41-,42?,44-,45?,46-,47+,48+,49+,50?/m0/s1. The molecule has 1 aliphatic rings. The van der Waals surface area contributed by atoms with Crippen molar-refractivity contribution in [2.24, 2.45) is 0 Å². The zero-order chi connectivity index (χ0) is 47.3. The summed E-state index contributed by atoms with van der Waals surface area (Å²) in [5.41, 5.74) is 0. The summed E-state index contributed by atoms with van der Waals surface area (Å²) in [7, 11) is -5.16. The van der Waals surface area contributed by atoms with E-state index in [1.165, 1.54) is 173 Å². The van der Waals surface area contributed by atoms with Gasteiger partial charge < -0.3 is 46.0 Å². The fourth-order valence-electron chi connectivity index (χ4n) is 8.89. The highest BCUT2D eigenvalue weighted by Gasteiger charge is 2.51. The maximum Gasteiger partial charge on any atom is 0.472 e. The normalized spacial score (nSPS) is 22.6. The Labute approximate surface area is 389 Å². The van der Waals surface area contributed by atoms with Crippen molar-refractivity contribution >= 4 is 13.7 Å². The van der Waals surface area contributed by atoms with Crippen LogP contribution in [0.15, 0.2) is 0 Å². The van der Waals surface area contributed by atoms with Gasteiger partial charge in [0.05, 0.1) is 18.8 Å². The van der Waals surface area contributed by atoms with Crippen molar-refractivity contribution < 1.29 is 59.0 Å². The maximum atomic E-state index is 13.0. The molecule has 0 saturated heterocycles. The minimum Gasteiger partial charge on any atom is -0.390 e. The number of aliphatic hydroxyl groups excluding tert-OH is 7. The fourth-order valence-corrected chi connectivity index (χ4v) is 9.86. The molecule has 0 aromatic heterocycles. The summed E-state index contributed by atoms with van der Waals surface area (Å²) in [5, 5.41) is 75.1. The first-order valence-corrected chi connectivity index (χ1v) is 28.1. The number of amides is 1.